The lowest BCUT2D eigenvalue weighted by atomic mass is 10.1. The van der Waals surface area contributed by atoms with Gasteiger partial charge in [-0.2, -0.15) is 0 Å². The molecule has 170 valence electrons. The molecule has 10 nitrogen and oxygen atoms in total. The second kappa shape index (κ2) is 9.43. The van der Waals surface area contributed by atoms with Crippen LogP contribution in [0.25, 0.3) is 16.9 Å². The van der Waals surface area contributed by atoms with Crippen molar-refractivity contribution in [3.63, 3.8) is 0 Å². The number of aromatic nitrogens is 4. The van der Waals surface area contributed by atoms with Crippen molar-refractivity contribution in [2.75, 3.05) is 43.0 Å². The van der Waals surface area contributed by atoms with Crippen molar-refractivity contribution in [2.45, 2.75) is 6.92 Å². The van der Waals surface area contributed by atoms with Gasteiger partial charge in [-0.15, -0.1) is 15.3 Å². The van der Waals surface area contributed by atoms with Crippen LogP contribution < -0.4 is 10.2 Å². The van der Waals surface area contributed by atoms with E-state index in [1.54, 1.807) is 17.5 Å². The first-order valence-electron chi connectivity index (χ1n) is 10.6. The van der Waals surface area contributed by atoms with Gasteiger partial charge in [0.25, 0.3) is 0 Å². The van der Waals surface area contributed by atoms with Gasteiger partial charge in [0.05, 0.1) is 31.6 Å². The summed E-state index contributed by atoms with van der Waals surface area (Å²) < 4.78 is 6.92. The number of hydrogen-bond acceptors (Lipinski definition) is 10. The molecule has 0 aliphatic carbocycles. The molecular weight excluding hydrogens is 442 g/mol. The van der Waals surface area contributed by atoms with E-state index in [4.69, 9.17) is 9.57 Å². The van der Waals surface area contributed by atoms with Crippen LogP contribution in [0.3, 0.4) is 0 Å². The molecule has 1 N–H and O–H groups in total. The SMILES string of the molecule is CCOC(=O)ON1CCN(c2ccn3c(-c4cccc(Nc5nncs5)c4)cnc3c2)CC1. The molecule has 0 spiro atoms. The maximum absolute atomic E-state index is 11.5. The number of pyridine rings is 1. The molecule has 11 heteroatoms. The molecule has 1 saturated heterocycles. The first kappa shape index (κ1) is 21.2. The fourth-order valence-electron chi connectivity index (χ4n) is 3.77. The molecular formula is C22H23N7O3S. The van der Waals surface area contributed by atoms with Gasteiger partial charge >= 0.3 is 6.16 Å². The van der Waals surface area contributed by atoms with E-state index in [2.05, 4.69) is 54.1 Å². The van der Waals surface area contributed by atoms with Crippen molar-refractivity contribution in [1.82, 2.24) is 24.6 Å². The number of carbonyl (C=O) groups is 1. The van der Waals surface area contributed by atoms with E-state index in [1.807, 2.05) is 24.5 Å². The van der Waals surface area contributed by atoms with Crippen LogP contribution in [-0.4, -0.2) is 63.6 Å². The van der Waals surface area contributed by atoms with Gasteiger partial charge in [0.1, 0.15) is 11.2 Å². The molecule has 0 bridgehead atoms. The van der Waals surface area contributed by atoms with E-state index in [1.165, 1.54) is 11.3 Å². The Hall–Kier alpha value is -3.70. The zero-order chi connectivity index (χ0) is 22.6. The highest BCUT2D eigenvalue weighted by atomic mass is 32.1. The second-order valence-electron chi connectivity index (χ2n) is 7.40. The third-order valence-electron chi connectivity index (χ3n) is 5.34. The number of ether oxygens (including phenoxy) is 1. The Morgan fingerprint density at radius 3 is 2.85 bits per heavy atom. The van der Waals surface area contributed by atoms with E-state index in [0.717, 1.165) is 46.5 Å². The molecule has 0 radical (unpaired) electrons. The van der Waals surface area contributed by atoms with Crippen LogP contribution in [0.4, 0.5) is 21.3 Å². The number of fused-ring (bicyclic) bond motifs is 1. The minimum atomic E-state index is -0.653. The number of piperazine rings is 1. The van der Waals surface area contributed by atoms with Gasteiger partial charge in [0, 0.05) is 42.3 Å². The van der Waals surface area contributed by atoms with Crippen molar-refractivity contribution < 1.29 is 14.4 Å². The average molecular weight is 466 g/mol. The van der Waals surface area contributed by atoms with Crippen LogP contribution >= 0.6 is 11.3 Å². The van der Waals surface area contributed by atoms with Gasteiger partial charge in [0.2, 0.25) is 5.13 Å². The van der Waals surface area contributed by atoms with E-state index in [-0.39, 0.29) is 0 Å². The molecule has 1 aliphatic heterocycles. The van der Waals surface area contributed by atoms with Gasteiger partial charge in [-0.3, -0.25) is 4.40 Å². The van der Waals surface area contributed by atoms with Crippen LogP contribution in [0, 0.1) is 0 Å². The van der Waals surface area contributed by atoms with Gasteiger partial charge < -0.3 is 19.8 Å². The average Bonchev–Trinajstić information content (AvgIpc) is 3.49. The number of rotatable bonds is 6. The lowest BCUT2D eigenvalue weighted by Gasteiger charge is -2.34. The Labute approximate surface area is 194 Å². The maximum atomic E-state index is 11.5. The monoisotopic (exact) mass is 465 g/mol. The molecule has 0 saturated carbocycles. The molecule has 0 unspecified atom stereocenters. The fourth-order valence-corrected chi connectivity index (χ4v) is 4.24. The van der Waals surface area contributed by atoms with Crippen molar-refractivity contribution in [2.24, 2.45) is 0 Å². The topological polar surface area (TPSA) is 97.1 Å². The molecule has 4 aromatic rings. The van der Waals surface area contributed by atoms with Crippen LogP contribution in [-0.2, 0) is 9.57 Å². The Balaban J connectivity index is 1.29. The predicted molar refractivity (Wildman–Crippen MR) is 126 cm³/mol. The summed E-state index contributed by atoms with van der Waals surface area (Å²) in [5.41, 5.74) is 6.65. The van der Waals surface area contributed by atoms with Crippen molar-refractivity contribution in [3.05, 3.63) is 54.3 Å². The smallest absolute Gasteiger partial charge is 0.433 e. The van der Waals surface area contributed by atoms with Crippen LogP contribution in [0.15, 0.2) is 54.3 Å². The molecule has 0 atom stereocenters. The molecule has 1 aliphatic rings. The van der Waals surface area contributed by atoms with E-state index >= 15 is 0 Å². The number of carbonyl (C=O) groups excluding carboxylic acids is 1. The number of hydrogen-bond donors (Lipinski definition) is 1. The summed E-state index contributed by atoms with van der Waals surface area (Å²) >= 11 is 1.45. The number of anilines is 3. The van der Waals surface area contributed by atoms with Crippen LogP contribution in [0.5, 0.6) is 0 Å². The Kier molecular flexibility index (Phi) is 6.05. The molecule has 0 amide bonds. The summed E-state index contributed by atoms with van der Waals surface area (Å²) in [4.78, 5) is 23.6. The van der Waals surface area contributed by atoms with E-state index < -0.39 is 6.16 Å². The van der Waals surface area contributed by atoms with Gasteiger partial charge in [-0.25, -0.2) is 9.78 Å². The first-order chi connectivity index (χ1) is 16.2. The second-order valence-corrected chi connectivity index (χ2v) is 8.23. The summed E-state index contributed by atoms with van der Waals surface area (Å²) in [6, 6.07) is 12.3. The Morgan fingerprint density at radius 1 is 1.18 bits per heavy atom. The lowest BCUT2D eigenvalue weighted by molar-refractivity contribution is -0.129. The Morgan fingerprint density at radius 2 is 2.06 bits per heavy atom. The number of nitrogens with one attached hydrogen (secondary N) is 1. The molecule has 33 heavy (non-hydrogen) atoms. The molecule has 5 rings (SSSR count). The van der Waals surface area contributed by atoms with E-state index in [0.29, 0.717) is 19.7 Å². The number of nitrogens with zero attached hydrogens (tertiary/aromatic N) is 6. The highest BCUT2D eigenvalue weighted by Gasteiger charge is 2.21. The zero-order valence-corrected chi connectivity index (χ0v) is 18.9. The summed E-state index contributed by atoms with van der Waals surface area (Å²) in [6.07, 6.45) is 3.27. The molecule has 4 heterocycles. The molecule has 1 fully saturated rings. The third kappa shape index (κ3) is 4.73. The number of imidazole rings is 1. The van der Waals surface area contributed by atoms with Crippen molar-refractivity contribution >= 4 is 39.6 Å². The largest absolute Gasteiger partial charge is 0.527 e. The number of benzene rings is 1. The number of hydroxylamine groups is 2. The van der Waals surface area contributed by atoms with Gasteiger partial charge in [-0.05, 0) is 25.1 Å². The summed E-state index contributed by atoms with van der Waals surface area (Å²) in [7, 11) is 0. The fraction of sp³-hybridized carbons (Fsp3) is 0.273. The van der Waals surface area contributed by atoms with Crippen LogP contribution in [0.2, 0.25) is 0 Å². The van der Waals surface area contributed by atoms with Crippen LogP contribution in [0.1, 0.15) is 6.92 Å². The quantitative estimate of drug-likeness (QED) is 0.426. The maximum Gasteiger partial charge on any atom is 0.527 e. The molecule has 3 aromatic heterocycles. The predicted octanol–water partition coefficient (Wildman–Crippen LogP) is 3.81. The normalized spacial score (nSPS) is 14.4. The van der Waals surface area contributed by atoms with Gasteiger partial charge in [-0.1, -0.05) is 23.5 Å². The standard InChI is InChI=1S/C22H23N7O3S/c1-2-31-22(30)32-28-10-8-27(9-11-28)18-6-7-29-19(14-23-20(29)13-18)16-4-3-5-17(12-16)25-21-26-24-15-33-21/h3-7,12-15H,2,8-11H2,1H3,(H,25,26). The van der Waals surface area contributed by atoms with Gasteiger partial charge in [0.15, 0.2) is 0 Å². The van der Waals surface area contributed by atoms with Crippen molar-refractivity contribution in [3.8, 4) is 11.3 Å². The lowest BCUT2D eigenvalue weighted by Crippen LogP contribution is -2.47. The van der Waals surface area contributed by atoms with E-state index in [9.17, 15) is 4.79 Å². The minimum absolute atomic E-state index is 0.301. The zero-order valence-electron chi connectivity index (χ0n) is 18.0. The first-order valence-corrected chi connectivity index (χ1v) is 11.5. The molecule has 1 aromatic carbocycles. The highest BCUT2D eigenvalue weighted by Crippen LogP contribution is 2.27. The summed E-state index contributed by atoms with van der Waals surface area (Å²) in [6.45, 7) is 4.75. The Bertz CT molecular complexity index is 1240. The summed E-state index contributed by atoms with van der Waals surface area (Å²) in [5, 5.41) is 13.6. The van der Waals surface area contributed by atoms with Crippen molar-refractivity contribution in [1.29, 1.82) is 0 Å². The third-order valence-corrected chi connectivity index (χ3v) is 5.94. The summed E-state index contributed by atoms with van der Waals surface area (Å²) in [5.74, 6) is 0. The highest BCUT2D eigenvalue weighted by molar-refractivity contribution is 7.13. The minimum Gasteiger partial charge on any atom is -0.433 e.